The predicted molar refractivity (Wildman–Crippen MR) is 99.7 cm³/mol. The van der Waals surface area contributed by atoms with Gasteiger partial charge < -0.3 is 5.11 Å². The third-order valence-electron chi connectivity index (χ3n) is 4.33. The van der Waals surface area contributed by atoms with Crippen molar-refractivity contribution in [2.75, 3.05) is 6.61 Å². The minimum Gasteiger partial charge on any atom is -0.396 e. The highest BCUT2D eigenvalue weighted by Gasteiger charge is 2.16. The largest absolute Gasteiger partial charge is 0.396 e. The SMILES string of the molecule is Cc1nc(-c2ccc(F)cc2)n(Cc2cccc(C#N)c2)c(=O)c1CCO. The average Bonchev–Trinajstić information content (AvgIpc) is 2.68. The number of rotatable bonds is 5. The van der Waals surface area contributed by atoms with Crippen molar-refractivity contribution in [2.24, 2.45) is 0 Å². The number of hydrogen-bond acceptors (Lipinski definition) is 4. The van der Waals surface area contributed by atoms with Crippen molar-refractivity contribution in [1.29, 1.82) is 5.26 Å². The van der Waals surface area contributed by atoms with E-state index < -0.39 is 0 Å². The summed E-state index contributed by atoms with van der Waals surface area (Å²) in [6.45, 7) is 1.78. The van der Waals surface area contributed by atoms with E-state index in [1.165, 1.54) is 16.7 Å². The summed E-state index contributed by atoms with van der Waals surface area (Å²) < 4.78 is 14.8. The van der Waals surface area contributed by atoms with Crippen LogP contribution in [0.25, 0.3) is 11.4 Å². The van der Waals surface area contributed by atoms with Gasteiger partial charge in [-0.25, -0.2) is 9.37 Å². The first kappa shape index (κ1) is 18.5. The van der Waals surface area contributed by atoms with Crippen LogP contribution in [0.5, 0.6) is 0 Å². The highest BCUT2D eigenvalue weighted by Crippen LogP contribution is 2.19. The van der Waals surface area contributed by atoms with Crippen LogP contribution in [0.1, 0.15) is 22.4 Å². The van der Waals surface area contributed by atoms with E-state index in [2.05, 4.69) is 11.1 Å². The van der Waals surface area contributed by atoms with Crippen LogP contribution < -0.4 is 5.56 Å². The second-order valence-electron chi connectivity index (χ2n) is 6.18. The minimum absolute atomic E-state index is 0.155. The van der Waals surface area contributed by atoms with E-state index in [-0.39, 0.29) is 30.9 Å². The Balaban J connectivity index is 2.19. The monoisotopic (exact) mass is 363 g/mol. The lowest BCUT2D eigenvalue weighted by Gasteiger charge is -2.16. The molecule has 6 heteroatoms. The number of hydrogen-bond donors (Lipinski definition) is 1. The number of halogens is 1. The van der Waals surface area contributed by atoms with Crippen molar-refractivity contribution in [3.63, 3.8) is 0 Å². The van der Waals surface area contributed by atoms with Crippen LogP contribution >= 0.6 is 0 Å². The summed E-state index contributed by atoms with van der Waals surface area (Å²) in [5.41, 5.74) is 2.62. The number of nitrogens with zero attached hydrogens (tertiary/aromatic N) is 3. The van der Waals surface area contributed by atoms with Gasteiger partial charge >= 0.3 is 0 Å². The molecule has 136 valence electrons. The smallest absolute Gasteiger partial charge is 0.257 e. The summed E-state index contributed by atoms with van der Waals surface area (Å²) in [5, 5.41) is 18.4. The first-order valence-electron chi connectivity index (χ1n) is 8.49. The molecule has 0 fully saturated rings. The third-order valence-corrected chi connectivity index (χ3v) is 4.33. The lowest BCUT2D eigenvalue weighted by molar-refractivity contribution is 0.298. The molecule has 0 saturated heterocycles. The fraction of sp³-hybridized carbons (Fsp3) is 0.190. The van der Waals surface area contributed by atoms with Gasteiger partial charge in [0.25, 0.3) is 5.56 Å². The fourth-order valence-corrected chi connectivity index (χ4v) is 2.99. The van der Waals surface area contributed by atoms with Crippen LogP contribution in [0.3, 0.4) is 0 Å². The first-order chi connectivity index (χ1) is 13.0. The summed E-state index contributed by atoms with van der Waals surface area (Å²) in [7, 11) is 0. The Morgan fingerprint density at radius 2 is 1.96 bits per heavy atom. The van der Waals surface area contributed by atoms with E-state index in [0.29, 0.717) is 28.2 Å². The number of benzene rings is 2. The van der Waals surface area contributed by atoms with Crippen LogP contribution in [0.2, 0.25) is 0 Å². The summed E-state index contributed by atoms with van der Waals surface area (Å²) in [5.74, 6) is 0.0459. The normalized spacial score (nSPS) is 10.6. The van der Waals surface area contributed by atoms with E-state index in [1.54, 1.807) is 37.3 Å². The zero-order valence-electron chi connectivity index (χ0n) is 14.8. The molecule has 0 amide bonds. The van der Waals surface area contributed by atoms with Crippen molar-refractivity contribution in [3.8, 4) is 17.5 Å². The van der Waals surface area contributed by atoms with Crippen molar-refractivity contribution in [1.82, 2.24) is 9.55 Å². The fourth-order valence-electron chi connectivity index (χ4n) is 2.99. The molecule has 0 spiro atoms. The van der Waals surface area contributed by atoms with Crippen LogP contribution in [0.15, 0.2) is 53.3 Å². The highest BCUT2D eigenvalue weighted by molar-refractivity contribution is 5.56. The number of aliphatic hydroxyl groups excluding tert-OH is 1. The van der Waals surface area contributed by atoms with Crippen molar-refractivity contribution >= 4 is 0 Å². The Bertz CT molecular complexity index is 1070. The number of nitriles is 1. The van der Waals surface area contributed by atoms with Gasteiger partial charge in [0.05, 0.1) is 18.2 Å². The molecule has 5 nitrogen and oxygen atoms in total. The van der Waals surface area contributed by atoms with E-state index in [0.717, 1.165) is 5.56 Å². The van der Waals surface area contributed by atoms with E-state index in [4.69, 9.17) is 5.26 Å². The van der Waals surface area contributed by atoms with Crippen molar-refractivity contribution in [2.45, 2.75) is 19.9 Å². The van der Waals surface area contributed by atoms with E-state index in [1.807, 2.05) is 6.07 Å². The van der Waals surface area contributed by atoms with Gasteiger partial charge in [0.1, 0.15) is 11.6 Å². The van der Waals surface area contributed by atoms with Gasteiger partial charge in [0, 0.05) is 29.8 Å². The van der Waals surface area contributed by atoms with Gasteiger partial charge in [0.2, 0.25) is 0 Å². The van der Waals surface area contributed by atoms with Gasteiger partial charge in [-0.15, -0.1) is 0 Å². The van der Waals surface area contributed by atoms with Gasteiger partial charge in [0.15, 0.2) is 0 Å². The second-order valence-corrected chi connectivity index (χ2v) is 6.18. The van der Waals surface area contributed by atoms with Crippen molar-refractivity contribution < 1.29 is 9.50 Å². The molecule has 0 radical (unpaired) electrons. The molecule has 0 saturated carbocycles. The maximum absolute atomic E-state index is 13.3. The standard InChI is InChI=1S/C21H18FN3O2/c1-14-19(9-10-26)21(27)25(13-16-4-2-3-15(11-16)12-23)20(24-14)17-5-7-18(22)8-6-17/h2-8,11,26H,9-10,13H2,1H3. The molecule has 0 aliphatic rings. The topological polar surface area (TPSA) is 78.9 Å². The Morgan fingerprint density at radius 3 is 2.63 bits per heavy atom. The zero-order chi connectivity index (χ0) is 19.4. The summed E-state index contributed by atoms with van der Waals surface area (Å²) in [4.78, 5) is 17.6. The lowest BCUT2D eigenvalue weighted by Crippen LogP contribution is -2.29. The molecule has 0 bridgehead atoms. The third kappa shape index (κ3) is 3.94. The van der Waals surface area contributed by atoms with Crippen LogP contribution in [0.4, 0.5) is 4.39 Å². The maximum atomic E-state index is 13.3. The Morgan fingerprint density at radius 1 is 1.22 bits per heavy atom. The molecule has 0 aliphatic carbocycles. The Labute approximate surface area is 156 Å². The summed E-state index contributed by atoms with van der Waals surface area (Å²) in [6.07, 6.45) is 0.208. The number of aliphatic hydroxyl groups is 1. The molecule has 3 aromatic rings. The maximum Gasteiger partial charge on any atom is 0.257 e. The first-order valence-corrected chi connectivity index (χ1v) is 8.49. The second kappa shape index (κ2) is 7.94. The molecule has 0 atom stereocenters. The molecular formula is C21H18FN3O2. The Kier molecular flexibility index (Phi) is 5.43. The molecule has 27 heavy (non-hydrogen) atoms. The quantitative estimate of drug-likeness (QED) is 0.756. The van der Waals surface area contributed by atoms with E-state index >= 15 is 0 Å². The summed E-state index contributed by atoms with van der Waals surface area (Å²) >= 11 is 0. The zero-order valence-corrected chi connectivity index (χ0v) is 14.8. The predicted octanol–water partition coefficient (Wildman–Crippen LogP) is 2.81. The lowest BCUT2D eigenvalue weighted by atomic mass is 10.1. The highest BCUT2D eigenvalue weighted by atomic mass is 19.1. The molecule has 2 aromatic carbocycles. The Hall–Kier alpha value is -3.30. The van der Waals surface area contributed by atoms with Gasteiger partial charge in [-0.05, 0) is 48.9 Å². The van der Waals surface area contributed by atoms with Crippen LogP contribution in [0, 0.1) is 24.1 Å². The molecule has 1 heterocycles. The molecule has 3 rings (SSSR count). The number of aryl methyl sites for hydroxylation is 1. The average molecular weight is 363 g/mol. The molecule has 0 unspecified atom stereocenters. The van der Waals surface area contributed by atoms with Crippen LogP contribution in [-0.2, 0) is 13.0 Å². The number of aromatic nitrogens is 2. The molecule has 0 aliphatic heterocycles. The summed E-state index contributed by atoms with van der Waals surface area (Å²) in [6, 6.07) is 14.9. The van der Waals surface area contributed by atoms with Gasteiger partial charge in [-0.2, -0.15) is 5.26 Å². The minimum atomic E-state index is -0.372. The van der Waals surface area contributed by atoms with Crippen LogP contribution in [-0.4, -0.2) is 21.3 Å². The molecule has 1 aromatic heterocycles. The molecular weight excluding hydrogens is 345 g/mol. The molecule has 1 N–H and O–H groups in total. The van der Waals surface area contributed by atoms with Crippen molar-refractivity contribution in [3.05, 3.63) is 87.1 Å². The van der Waals surface area contributed by atoms with Gasteiger partial charge in [-0.3, -0.25) is 9.36 Å². The van der Waals surface area contributed by atoms with Gasteiger partial charge in [-0.1, -0.05) is 12.1 Å². The van der Waals surface area contributed by atoms with E-state index in [9.17, 15) is 14.3 Å².